The first-order valence-electron chi connectivity index (χ1n) is 13.3. The number of halogens is 1. The molecule has 0 amide bonds. The Bertz CT molecular complexity index is 1060. The van der Waals surface area contributed by atoms with Gasteiger partial charge in [0.05, 0.1) is 30.0 Å². The monoisotopic (exact) mass is 526 g/mol. The summed E-state index contributed by atoms with van der Waals surface area (Å²) in [7, 11) is 3.55. The summed E-state index contributed by atoms with van der Waals surface area (Å²) in [6.07, 6.45) is 16.6. The van der Waals surface area contributed by atoms with E-state index < -0.39 is 0 Å². The molecule has 0 spiro atoms. The minimum absolute atomic E-state index is 0.432. The van der Waals surface area contributed by atoms with E-state index in [0.29, 0.717) is 17.6 Å². The van der Waals surface area contributed by atoms with Gasteiger partial charge in [-0.1, -0.05) is 57.9 Å². The van der Waals surface area contributed by atoms with Crippen molar-refractivity contribution in [1.29, 1.82) is 0 Å². The van der Waals surface area contributed by atoms with Crippen LogP contribution < -0.4 is 5.73 Å². The lowest BCUT2D eigenvalue weighted by molar-refractivity contribution is 0.234. The average Bonchev–Trinajstić information content (AvgIpc) is 3.47. The Morgan fingerprint density at radius 1 is 1.11 bits per heavy atom. The number of fused-ring (bicyclic) bond motifs is 1. The molecule has 0 radical (unpaired) electrons. The normalized spacial score (nSPS) is 16.7. The highest BCUT2D eigenvalue weighted by Gasteiger charge is 2.21. The zero-order valence-electron chi connectivity index (χ0n) is 22.9. The zero-order valence-corrected chi connectivity index (χ0v) is 23.6. The molecule has 0 bridgehead atoms. The highest BCUT2D eigenvalue weighted by molar-refractivity contribution is 6.07. The Balaban J connectivity index is 0.000000898. The molecule has 1 saturated carbocycles. The number of aliphatic imine (C=N–C) groups is 1. The number of benzene rings is 1. The van der Waals surface area contributed by atoms with Crippen molar-refractivity contribution >= 4 is 40.6 Å². The molecule has 4 rings (SSSR count). The van der Waals surface area contributed by atoms with Crippen molar-refractivity contribution < 1.29 is 4.29 Å². The molecule has 2 N–H and O–H groups in total. The van der Waals surface area contributed by atoms with Gasteiger partial charge in [-0.15, -0.1) is 0 Å². The van der Waals surface area contributed by atoms with Crippen LogP contribution in [0.1, 0.15) is 64.5 Å². The van der Waals surface area contributed by atoms with Gasteiger partial charge in [0, 0.05) is 26.2 Å². The molecule has 2 heterocycles. The third-order valence-corrected chi connectivity index (χ3v) is 6.43. The quantitative estimate of drug-likeness (QED) is 0.252. The summed E-state index contributed by atoms with van der Waals surface area (Å²) in [5, 5.41) is 0. The van der Waals surface area contributed by atoms with Crippen molar-refractivity contribution in [2.75, 3.05) is 33.0 Å². The topological polar surface area (TPSA) is 79.9 Å². The number of hydrogen-bond acceptors (Lipinski definition) is 6. The molecular weight excluding hydrogens is 484 g/mol. The maximum absolute atomic E-state index is 6.21. The molecule has 2 fully saturated rings. The number of aromatic nitrogens is 2. The van der Waals surface area contributed by atoms with Gasteiger partial charge in [-0.3, -0.25) is 4.29 Å². The maximum atomic E-state index is 6.21. The van der Waals surface area contributed by atoms with E-state index in [4.69, 9.17) is 15.7 Å². The number of nitrogens with zero attached hydrogens (tertiary/aromatic N) is 5. The summed E-state index contributed by atoms with van der Waals surface area (Å²) in [6, 6.07) is 8.32. The van der Waals surface area contributed by atoms with E-state index in [1.54, 1.807) is 0 Å². The molecule has 0 atom stereocenters. The molecule has 8 heteroatoms. The minimum Gasteiger partial charge on any atom is -0.382 e. The molecule has 1 aromatic carbocycles. The van der Waals surface area contributed by atoms with Gasteiger partial charge in [0.25, 0.3) is 0 Å². The summed E-state index contributed by atoms with van der Waals surface area (Å²) in [6.45, 7) is 9.95. The molecule has 1 aliphatic carbocycles. The number of anilines is 1. The van der Waals surface area contributed by atoms with E-state index >= 15 is 0 Å². The van der Waals surface area contributed by atoms with Crippen molar-refractivity contribution in [3.8, 4) is 0 Å². The van der Waals surface area contributed by atoms with Crippen molar-refractivity contribution in [2.24, 2.45) is 4.99 Å². The molecule has 2 aromatic rings. The summed E-state index contributed by atoms with van der Waals surface area (Å²) in [4.78, 5) is 19.0. The van der Waals surface area contributed by atoms with Gasteiger partial charge < -0.3 is 15.5 Å². The number of allylic oxidation sites excluding steroid dienone is 2. The van der Waals surface area contributed by atoms with Crippen LogP contribution in [0.25, 0.3) is 17.1 Å². The summed E-state index contributed by atoms with van der Waals surface area (Å²) < 4.78 is 3.72. The smallest absolute Gasteiger partial charge is 0.150 e. The summed E-state index contributed by atoms with van der Waals surface area (Å²) in [5.74, 6) is 2.32. The zero-order chi connectivity index (χ0) is 27.0. The van der Waals surface area contributed by atoms with Crippen molar-refractivity contribution in [3.05, 3.63) is 60.6 Å². The van der Waals surface area contributed by atoms with Crippen molar-refractivity contribution in [1.82, 2.24) is 19.8 Å². The highest BCUT2D eigenvalue weighted by Crippen LogP contribution is 2.25. The Hall–Kier alpha value is -2.90. The number of amidine groups is 1. The lowest BCUT2D eigenvalue weighted by Crippen LogP contribution is -2.34. The first kappa shape index (κ1) is 30.3. The van der Waals surface area contributed by atoms with E-state index in [2.05, 4.69) is 44.6 Å². The Morgan fingerprint density at radius 3 is 2.30 bits per heavy atom. The number of hydrogen-bond donors (Lipinski definition) is 1. The fraction of sp³-hybridized carbons (Fsp3) is 0.483. The SMILES string of the molecule is C=C\C=C(/N=C(/C=C/c1nc2ccccc2nc1N)N1CCCC1)N(C)C1CCCCC1.CC.COCl. The number of para-hydroxylation sites is 2. The Morgan fingerprint density at radius 2 is 1.70 bits per heavy atom. The molecule has 37 heavy (non-hydrogen) atoms. The number of nitrogen functional groups attached to an aromatic ring is 1. The number of likely N-dealkylation sites (tertiary alicyclic amines) is 1. The number of rotatable bonds is 6. The van der Waals surface area contributed by atoms with E-state index in [0.717, 1.165) is 35.8 Å². The summed E-state index contributed by atoms with van der Waals surface area (Å²) >= 11 is 4.50. The van der Waals surface area contributed by atoms with E-state index in [1.165, 1.54) is 52.1 Å². The Kier molecular flexibility index (Phi) is 13.7. The van der Waals surface area contributed by atoms with Crippen LogP contribution in [0.3, 0.4) is 0 Å². The first-order valence-corrected chi connectivity index (χ1v) is 13.6. The predicted octanol–water partition coefficient (Wildman–Crippen LogP) is 6.82. The maximum Gasteiger partial charge on any atom is 0.150 e. The molecule has 1 saturated heterocycles. The van der Waals surface area contributed by atoms with Crippen LogP contribution in [0.15, 0.2) is 59.9 Å². The predicted molar refractivity (Wildman–Crippen MR) is 158 cm³/mol. The molecule has 7 nitrogen and oxygen atoms in total. The van der Waals surface area contributed by atoms with Gasteiger partial charge in [0.15, 0.2) is 0 Å². The van der Waals surface area contributed by atoms with Gasteiger partial charge in [0.1, 0.15) is 23.2 Å². The fourth-order valence-electron chi connectivity index (χ4n) is 4.57. The van der Waals surface area contributed by atoms with Gasteiger partial charge in [-0.2, -0.15) is 0 Å². The second-order valence-corrected chi connectivity index (χ2v) is 9.11. The molecule has 0 unspecified atom stereocenters. The summed E-state index contributed by atoms with van der Waals surface area (Å²) in [5.41, 5.74) is 8.53. The third-order valence-electron chi connectivity index (χ3n) is 6.43. The fourth-order valence-corrected chi connectivity index (χ4v) is 4.57. The van der Waals surface area contributed by atoms with E-state index in [9.17, 15) is 0 Å². The molecule has 2 aliphatic rings. The molecule has 202 valence electrons. The van der Waals surface area contributed by atoms with E-state index in [-0.39, 0.29) is 0 Å². The largest absolute Gasteiger partial charge is 0.382 e. The van der Waals surface area contributed by atoms with Crippen molar-refractivity contribution in [3.63, 3.8) is 0 Å². The number of nitrogens with two attached hydrogens (primary N) is 1. The average molecular weight is 527 g/mol. The lowest BCUT2D eigenvalue weighted by Gasteiger charge is -2.33. The second kappa shape index (κ2) is 16.8. The molecule has 1 aromatic heterocycles. The standard InChI is InChI=1S/C26H34N6.C2H6.CH3ClO/c1-3-11-24(31(2)20-12-5-4-6-13-20)30-25(32-18-9-10-19-32)17-16-23-26(27)29-22-15-8-7-14-21(22)28-23;1-2;1-3-2/h3,7-8,11,14-17,20H,1,4-6,9-10,12-13,18-19H2,2H3,(H2,27,29);1-2H3;1H3/b17-16+,24-11+,30-25-;;. The molecular formula is C29H43ClN6O. The van der Waals surface area contributed by atoms with Crippen LogP contribution in [-0.2, 0) is 4.29 Å². The minimum atomic E-state index is 0.432. The Labute approximate surface area is 227 Å². The van der Waals surface area contributed by atoms with Gasteiger partial charge in [-0.05, 0) is 56.0 Å². The van der Waals surface area contributed by atoms with Crippen LogP contribution in [0.4, 0.5) is 5.82 Å². The first-order chi connectivity index (χ1) is 18.1. The van der Waals surface area contributed by atoms with Crippen LogP contribution in [-0.4, -0.2) is 58.9 Å². The van der Waals surface area contributed by atoms with Crippen molar-refractivity contribution in [2.45, 2.75) is 64.8 Å². The molecule has 1 aliphatic heterocycles. The van der Waals surface area contributed by atoms with Gasteiger partial charge in [-0.25, -0.2) is 15.0 Å². The van der Waals surface area contributed by atoms with Crippen LogP contribution in [0, 0.1) is 0 Å². The van der Waals surface area contributed by atoms with Gasteiger partial charge in [0.2, 0.25) is 0 Å². The van der Waals surface area contributed by atoms with E-state index in [1.807, 2.05) is 62.4 Å². The lowest BCUT2D eigenvalue weighted by atomic mass is 9.94. The van der Waals surface area contributed by atoms with Crippen LogP contribution in [0.2, 0.25) is 0 Å². The van der Waals surface area contributed by atoms with Gasteiger partial charge >= 0.3 is 0 Å². The third kappa shape index (κ3) is 9.17. The van der Waals surface area contributed by atoms with Crippen LogP contribution >= 0.6 is 11.9 Å². The van der Waals surface area contributed by atoms with Crippen LogP contribution in [0.5, 0.6) is 0 Å². The highest BCUT2D eigenvalue weighted by atomic mass is 35.5. The second-order valence-electron chi connectivity index (χ2n) is 8.80.